The normalized spacial score (nSPS) is 15.5. The van der Waals surface area contributed by atoms with E-state index >= 15 is 0 Å². The minimum absolute atomic E-state index is 0.000490. The number of nitrogens with one attached hydrogen (secondary N) is 2. The average molecular weight is 465 g/mol. The number of carbonyl (C=O) groups is 1. The van der Waals surface area contributed by atoms with Gasteiger partial charge in [-0.15, -0.1) is 0 Å². The fourth-order valence-electron chi connectivity index (χ4n) is 4.06. The highest BCUT2D eigenvalue weighted by atomic mass is 32.2. The number of ether oxygens (including phenoxy) is 1. The minimum atomic E-state index is -3.61. The van der Waals surface area contributed by atoms with Gasteiger partial charge in [-0.2, -0.15) is 0 Å². The SMILES string of the molecule is O=C(COc1ccc(S(=O)(=O)NCCc2ccccc2)cc1)N[C@H]1CCCc2ccccc21. The number of fused-ring (bicyclic) bond motifs is 1. The molecule has 3 aromatic rings. The lowest BCUT2D eigenvalue weighted by Crippen LogP contribution is -2.34. The fourth-order valence-corrected chi connectivity index (χ4v) is 5.09. The summed E-state index contributed by atoms with van der Waals surface area (Å²) in [5.74, 6) is 0.244. The molecule has 33 heavy (non-hydrogen) atoms. The Morgan fingerprint density at radius 1 is 0.939 bits per heavy atom. The van der Waals surface area contributed by atoms with E-state index in [1.807, 2.05) is 42.5 Å². The van der Waals surface area contributed by atoms with Gasteiger partial charge < -0.3 is 10.1 Å². The van der Waals surface area contributed by atoms with E-state index in [2.05, 4.69) is 22.2 Å². The zero-order chi connectivity index (χ0) is 23.1. The molecule has 2 N–H and O–H groups in total. The highest BCUT2D eigenvalue weighted by Gasteiger charge is 2.21. The van der Waals surface area contributed by atoms with Crippen LogP contribution >= 0.6 is 0 Å². The van der Waals surface area contributed by atoms with Crippen molar-refractivity contribution in [3.8, 4) is 5.75 Å². The third kappa shape index (κ3) is 6.21. The Balaban J connectivity index is 1.26. The summed E-state index contributed by atoms with van der Waals surface area (Å²) in [6, 6.07) is 24.0. The molecular formula is C26H28N2O4S. The molecular weight excluding hydrogens is 436 g/mol. The van der Waals surface area contributed by atoms with Crippen LogP contribution in [0.3, 0.4) is 0 Å². The Hall–Kier alpha value is -3.16. The first kappa shape index (κ1) is 23.0. The van der Waals surface area contributed by atoms with E-state index < -0.39 is 10.0 Å². The monoisotopic (exact) mass is 464 g/mol. The molecule has 0 radical (unpaired) electrons. The van der Waals surface area contributed by atoms with Gasteiger partial charge in [0.15, 0.2) is 6.61 Å². The molecule has 0 fully saturated rings. The van der Waals surface area contributed by atoms with Crippen molar-refractivity contribution in [2.45, 2.75) is 36.6 Å². The predicted octanol–water partition coefficient (Wildman–Crippen LogP) is 3.78. The number of aryl methyl sites for hydroxylation is 1. The summed E-state index contributed by atoms with van der Waals surface area (Å²) in [5.41, 5.74) is 3.52. The number of amides is 1. The van der Waals surface area contributed by atoms with Crippen molar-refractivity contribution in [3.05, 3.63) is 95.6 Å². The van der Waals surface area contributed by atoms with Gasteiger partial charge in [-0.3, -0.25) is 4.79 Å². The van der Waals surface area contributed by atoms with Gasteiger partial charge in [-0.05, 0) is 66.6 Å². The third-order valence-corrected chi connectivity index (χ3v) is 7.23. The number of hydrogen-bond acceptors (Lipinski definition) is 4. The van der Waals surface area contributed by atoms with Gasteiger partial charge in [-0.1, -0.05) is 54.6 Å². The quantitative estimate of drug-likeness (QED) is 0.505. The maximum absolute atomic E-state index is 12.5. The van der Waals surface area contributed by atoms with E-state index in [0.717, 1.165) is 24.8 Å². The van der Waals surface area contributed by atoms with Crippen LogP contribution in [-0.2, 0) is 27.7 Å². The van der Waals surface area contributed by atoms with Crippen molar-refractivity contribution in [1.29, 1.82) is 0 Å². The first-order valence-corrected chi connectivity index (χ1v) is 12.6. The predicted molar refractivity (Wildman–Crippen MR) is 128 cm³/mol. The summed E-state index contributed by atoms with van der Waals surface area (Å²) in [7, 11) is -3.61. The van der Waals surface area contributed by atoms with E-state index in [-0.39, 0.29) is 23.5 Å². The summed E-state index contributed by atoms with van der Waals surface area (Å²) in [6.45, 7) is 0.190. The van der Waals surface area contributed by atoms with E-state index in [1.165, 1.54) is 23.3 Å². The highest BCUT2D eigenvalue weighted by Crippen LogP contribution is 2.29. The number of benzene rings is 3. The Bertz CT molecular complexity index is 1180. The number of hydrogen-bond donors (Lipinski definition) is 2. The van der Waals surface area contributed by atoms with Crippen molar-refractivity contribution in [3.63, 3.8) is 0 Å². The molecule has 172 valence electrons. The van der Waals surface area contributed by atoms with Gasteiger partial charge in [0.05, 0.1) is 10.9 Å². The van der Waals surface area contributed by atoms with Gasteiger partial charge in [0, 0.05) is 6.54 Å². The zero-order valence-corrected chi connectivity index (χ0v) is 19.2. The van der Waals surface area contributed by atoms with E-state index in [1.54, 1.807) is 12.1 Å². The smallest absolute Gasteiger partial charge is 0.258 e. The van der Waals surface area contributed by atoms with E-state index in [9.17, 15) is 13.2 Å². The van der Waals surface area contributed by atoms with Gasteiger partial charge in [0.1, 0.15) is 5.75 Å². The molecule has 6 nitrogen and oxygen atoms in total. The van der Waals surface area contributed by atoms with Crippen LogP contribution in [0.4, 0.5) is 0 Å². The second kappa shape index (κ2) is 10.6. The van der Waals surface area contributed by atoms with Crippen molar-refractivity contribution in [2.75, 3.05) is 13.2 Å². The fraction of sp³-hybridized carbons (Fsp3) is 0.269. The van der Waals surface area contributed by atoms with Crippen molar-refractivity contribution in [2.24, 2.45) is 0 Å². The topological polar surface area (TPSA) is 84.5 Å². The molecule has 0 bridgehead atoms. The van der Waals surface area contributed by atoms with Crippen LogP contribution in [0.2, 0.25) is 0 Å². The Morgan fingerprint density at radius 3 is 2.45 bits per heavy atom. The lowest BCUT2D eigenvalue weighted by Gasteiger charge is -2.26. The maximum atomic E-state index is 12.5. The van der Waals surface area contributed by atoms with Crippen LogP contribution in [0, 0.1) is 0 Å². The number of sulfonamides is 1. The highest BCUT2D eigenvalue weighted by molar-refractivity contribution is 7.89. The van der Waals surface area contributed by atoms with Crippen LogP contribution in [0.1, 0.15) is 35.6 Å². The number of carbonyl (C=O) groups excluding carboxylic acids is 1. The molecule has 0 spiro atoms. The maximum Gasteiger partial charge on any atom is 0.258 e. The lowest BCUT2D eigenvalue weighted by atomic mass is 9.88. The van der Waals surface area contributed by atoms with E-state index in [4.69, 9.17) is 4.74 Å². The van der Waals surface area contributed by atoms with Crippen molar-refractivity contribution in [1.82, 2.24) is 10.0 Å². The molecule has 1 atom stereocenters. The Kier molecular flexibility index (Phi) is 7.42. The molecule has 1 amide bonds. The first-order chi connectivity index (χ1) is 16.0. The van der Waals surface area contributed by atoms with Crippen LogP contribution in [-0.4, -0.2) is 27.5 Å². The molecule has 4 rings (SSSR count). The molecule has 0 saturated heterocycles. The molecule has 1 aliphatic rings. The third-order valence-electron chi connectivity index (χ3n) is 5.76. The van der Waals surface area contributed by atoms with Crippen LogP contribution < -0.4 is 14.8 Å². The summed E-state index contributed by atoms with van der Waals surface area (Å²) in [6.07, 6.45) is 3.60. The molecule has 0 heterocycles. The second-order valence-corrected chi connectivity index (χ2v) is 9.87. The summed E-state index contributed by atoms with van der Waals surface area (Å²) in [4.78, 5) is 12.6. The van der Waals surface area contributed by atoms with Gasteiger partial charge in [-0.25, -0.2) is 13.1 Å². The number of rotatable bonds is 9. The second-order valence-electron chi connectivity index (χ2n) is 8.10. The van der Waals surface area contributed by atoms with Gasteiger partial charge >= 0.3 is 0 Å². The average Bonchev–Trinajstić information content (AvgIpc) is 2.84. The van der Waals surface area contributed by atoms with E-state index in [0.29, 0.717) is 18.7 Å². The Morgan fingerprint density at radius 2 is 1.67 bits per heavy atom. The van der Waals surface area contributed by atoms with Crippen molar-refractivity contribution >= 4 is 15.9 Å². The molecule has 0 aliphatic heterocycles. The summed E-state index contributed by atoms with van der Waals surface area (Å²) >= 11 is 0. The molecule has 7 heteroatoms. The summed E-state index contributed by atoms with van der Waals surface area (Å²) in [5, 5.41) is 3.05. The lowest BCUT2D eigenvalue weighted by molar-refractivity contribution is -0.124. The van der Waals surface area contributed by atoms with Crippen LogP contribution in [0.5, 0.6) is 5.75 Å². The zero-order valence-electron chi connectivity index (χ0n) is 18.4. The first-order valence-electron chi connectivity index (χ1n) is 11.1. The molecule has 3 aromatic carbocycles. The van der Waals surface area contributed by atoms with Crippen LogP contribution in [0.15, 0.2) is 83.8 Å². The minimum Gasteiger partial charge on any atom is -0.484 e. The van der Waals surface area contributed by atoms with Gasteiger partial charge in [0.2, 0.25) is 10.0 Å². The molecule has 0 aromatic heterocycles. The molecule has 0 unspecified atom stereocenters. The largest absolute Gasteiger partial charge is 0.484 e. The van der Waals surface area contributed by atoms with Crippen molar-refractivity contribution < 1.29 is 17.9 Å². The Labute approximate surface area is 195 Å². The van der Waals surface area contributed by atoms with Gasteiger partial charge in [0.25, 0.3) is 5.91 Å². The summed E-state index contributed by atoms with van der Waals surface area (Å²) < 4.78 is 33.2. The standard InChI is InChI=1S/C26H28N2O4S/c29-26(28-25-12-6-10-21-9-4-5-11-24(21)25)19-32-22-13-15-23(16-14-22)33(30,31)27-18-17-20-7-2-1-3-8-20/h1-5,7-9,11,13-16,25,27H,6,10,12,17-19H2,(H,28,29)/t25-/m0/s1. The van der Waals surface area contributed by atoms with Crippen LogP contribution in [0.25, 0.3) is 0 Å². The molecule has 1 aliphatic carbocycles. The molecule has 0 saturated carbocycles.